The van der Waals surface area contributed by atoms with E-state index < -0.39 is 0 Å². The van der Waals surface area contributed by atoms with Gasteiger partial charge in [-0.15, -0.1) is 0 Å². The van der Waals surface area contributed by atoms with Gasteiger partial charge in [0.15, 0.2) is 0 Å². The number of hydrogen-bond donors (Lipinski definition) is 2. The van der Waals surface area contributed by atoms with Gasteiger partial charge in [0.2, 0.25) is 0 Å². The Kier molecular flexibility index (Phi) is 7.54. The third-order valence-corrected chi connectivity index (χ3v) is 4.83. The lowest BCUT2D eigenvalue weighted by Crippen LogP contribution is -2.61. The third-order valence-electron chi connectivity index (χ3n) is 4.83. The van der Waals surface area contributed by atoms with Crippen molar-refractivity contribution in [1.82, 2.24) is 15.5 Å². The second-order valence-electron chi connectivity index (χ2n) is 7.41. The molecule has 0 heterocycles. The molecule has 1 unspecified atom stereocenters. The summed E-state index contributed by atoms with van der Waals surface area (Å²) in [4.78, 5) is 2.55. The predicted molar refractivity (Wildman–Crippen MR) is 99.2 cm³/mol. The van der Waals surface area contributed by atoms with Gasteiger partial charge in [-0.3, -0.25) is 15.5 Å². The fourth-order valence-electron chi connectivity index (χ4n) is 3.75. The van der Waals surface area contributed by atoms with Crippen LogP contribution in [0, 0.1) is 0 Å². The average molecular weight is 318 g/mol. The Labute approximate surface area is 142 Å². The number of nitrogens with one attached hydrogen (secondary N) is 2. The Morgan fingerprint density at radius 1 is 0.957 bits per heavy atom. The molecule has 130 valence electrons. The first-order chi connectivity index (χ1) is 11.1. The van der Waals surface area contributed by atoms with Gasteiger partial charge in [0, 0.05) is 24.7 Å². The van der Waals surface area contributed by atoms with Crippen molar-refractivity contribution in [3.63, 3.8) is 0 Å². The van der Waals surface area contributed by atoms with Gasteiger partial charge in [0.05, 0.1) is 0 Å². The van der Waals surface area contributed by atoms with Crippen molar-refractivity contribution >= 4 is 0 Å². The molecule has 0 spiro atoms. The summed E-state index contributed by atoms with van der Waals surface area (Å²) in [6, 6.07) is 12.4. The quantitative estimate of drug-likeness (QED) is 0.707. The molecule has 23 heavy (non-hydrogen) atoms. The lowest BCUT2D eigenvalue weighted by atomic mass is 9.95. The summed E-state index contributed by atoms with van der Waals surface area (Å²) in [5.41, 5.74) is 1.34. The molecule has 1 aromatic rings. The molecule has 0 radical (unpaired) electrons. The molecule has 1 aromatic carbocycles. The highest BCUT2D eigenvalue weighted by atomic mass is 15.4. The van der Waals surface area contributed by atoms with E-state index in [1.54, 1.807) is 0 Å². The Morgan fingerprint density at radius 3 is 2.13 bits per heavy atom. The van der Waals surface area contributed by atoms with Crippen LogP contribution in [0.1, 0.15) is 65.4 Å². The molecule has 0 aliphatic heterocycles. The van der Waals surface area contributed by atoms with Crippen molar-refractivity contribution in [2.24, 2.45) is 0 Å². The SMILES string of the molecule is CC(C)N(C(C)C)C(NCc1ccccc1)NC1CCCCC1. The normalized spacial score (nSPS) is 18.0. The van der Waals surface area contributed by atoms with Gasteiger partial charge < -0.3 is 0 Å². The van der Waals surface area contributed by atoms with Crippen LogP contribution in [0.2, 0.25) is 0 Å². The predicted octanol–water partition coefficient (Wildman–Crippen LogP) is 4.10. The molecule has 3 nitrogen and oxygen atoms in total. The average Bonchev–Trinajstić information content (AvgIpc) is 2.54. The molecule has 1 fully saturated rings. The number of nitrogens with zero attached hydrogens (tertiary/aromatic N) is 1. The summed E-state index contributed by atoms with van der Waals surface area (Å²) < 4.78 is 0. The zero-order valence-electron chi connectivity index (χ0n) is 15.4. The molecule has 2 rings (SSSR count). The lowest BCUT2D eigenvalue weighted by molar-refractivity contribution is 0.0534. The topological polar surface area (TPSA) is 27.3 Å². The first kappa shape index (κ1) is 18.4. The molecule has 0 aromatic heterocycles. The zero-order chi connectivity index (χ0) is 16.7. The maximum Gasteiger partial charge on any atom is 0.115 e. The fraction of sp³-hybridized carbons (Fsp3) is 0.700. The van der Waals surface area contributed by atoms with Crippen LogP contribution in [0.15, 0.2) is 30.3 Å². The van der Waals surface area contributed by atoms with Gasteiger partial charge in [0.25, 0.3) is 0 Å². The fourth-order valence-corrected chi connectivity index (χ4v) is 3.75. The number of hydrogen-bond acceptors (Lipinski definition) is 3. The van der Waals surface area contributed by atoms with Gasteiger partial charge >= 0.3 is 0 Å². The molecule has 1 atom stereocenters. The first-order valence-electron chi connectivity index (χ1n) is 9.38. The van der Waals surface area contributed by atoms with Crippen molar-refractivity contribution in [3.8, 4) is 0 Å². The Hall–Kier alpha value is -0.900. The summed E-state index contributed by atoms with van der Waals surface area (Å²) in [7, 11) is 0. The standard InChI is InChI=1S/C20H35N3/c1-16(2)23(17(3)4)20(22-19-13-9-6-10-14-19)21-15-18-11-7-5-8-12-18/h5,7-8,11-12,16-17,19-22H,6,9-10,13-15H2,1-4H3. The van der Waals surface area contributed by atoms with E-state index in [2.05, 4.69) is 73.6 Å². The van der Waals surface area contributed by atoms with Crippen molar-refractivity contribution in [2.75, 3.05) is 0 Å². The van der Waals surface area contributed by atoms with E-state index in [4.69, 9.17) is 0 Å². The second-order valence-corrected chi connectivity index (χ2v) is 7.41. The van der Waals surface area contributed by atoms with Gasteiger partial charge in [-0.05, 0) is 46.1 Å². The lowest BCUT2D eigenvalue weighted by Gasteiger charge is -2.41. The van der Waals surface area contributed by atoms with Crippen molar-refractivity contribution in [2.45, 2.75) is 90.8 Å². The molecule has 1 saturated carbocycles. The maximum absolute atomic E-state index is 3.90. The highest BCUT2D eigenvalue weighted by Crippen LogP contribution is 2.19. The van der Waals surface area contributed by atoms with Gasteiger partial charge in [-0.1, -0.05) is 49.6 Å². The van der Waals surface area contributed by atoms with Crippen molar-refractivity contribution < 1.29 is 0 Å². The van der Waals surface area contributed by atoms with Gasteiger partial charge in [-0.25, -0.2) is 0 Å². The Morgan fingerprint density at radius 2 is 1.57 bits per heavy atom. The van der Waals surface area contributed by atoms with Crippen LogP contribution in [-0.4, -0.2) is 29.3 Å². The van der Waals surface area contributed by atoms with Crippen molar-refractivity contribution in [1.29, 1.82) is 0 Å². The van der Waals surface area contributed by atoms with E-state index in [1.165, 1.54) is 37.7 Å². The first-order valence-corrected chi connectivity index (χ1v) is 9.38. The van der Waals surface area contributed by atoms with Crippen LogP contribution < -0.4 is 10.6 Å². The summed E-state index contributed by atoms with van der Waals surface area (Å²) in [5, 5.41) is 7.66. The van der Waals surface area contributed by atoms with Crippen LogP contribution in [0.5, 0.6) is 0 Å². The molecule has 0 bridgehead atoms. The minimum atomic E-state index is 0.235. The summed E-state index contributed by atoms with van der Waals surface area (Å²) in [6.07, 6.45) is 7.00. The molecule has 0 amide bonds. The highest BCUT2D eigenvalue weighted by Gasteiger charge is 2.26. The van der Waals surface area contributed by atoms with E-state index in [-0.39, 0.29) is 6.29 Å². The molecule has 1 aliphatic carbocycles. The highest BCUT2D eigenvalue weighted by molar-refractivity contribution is 5.14. The smallest absolute Gasteiger partial charge is 0.115 e. The minimum Gasteiger partial charge on any atom is -0.287 e. The number of rotatable bonds is 8. The molecule has 3 heteroatoms. The molecule has 1 aliphatic rings. The van der Waals surface area contributed by atoms with E-state index in [0.717, 1.165) is 6.54 Å². The van der Waals surface area contributed by atoms with Crippen LogP contribution in [0.25, 0.3) is 0 Å². The monoisotopic (exact) mass is 317 g/mol. The second kappa shape index (κ2) is 9.41. The van der Waals surface area contributed by atoms with E-state index in [9.17, 15) is 0 Å². The summed E-state index contributed by atoms with van der Waals surface area (Å²) in [6.45, 7) is 10.1. The van der Waals surface area contributed by atoms with Crippen molar-refractivity contribution in [3.05, 3.63) is 35.9 Å². The molecular formula is C20H35N3. The van der Waals surface area contributed by atoms with E-state index >= 15 is 0 Å². The van der Waals surface area contributed by atoms with Crippen LogP contribution >= 0.6 is 0 Å². The molecule has 0 saturated heterocycles. The van der Waals surface area contributed by atoms with Crippen LogP contribution in [0.4, 0.5) is 0 Å². The molecular weight excluding hydrogens is 282 g/mol. The Bertz CT molecular complexity index is 416. The number of benzene rings is 1. The van der Waals surface area contributed by atoms with Gasteiger partial charge in [-0.2, -0.15) is 0 Å². The van der Waals surface area contributed by atoms with E-state index in [0.29, 0.717) is 18.1 Å². The van der Waals surface area contributed by atoms with Crippen LogP contribution in [0.3, 0.4) is 0 Å². The van der Waals surface area contributed by atoms with E-state index in [1.807, 2.05) is 0 Å². The minimum absolute atomic E-state index is 0.235. The Balaban J connectivity index is 2.02. The third kappa shape index (κ3) is 5.91. The summed E-state index contributed by atoms with van der Waals surface area (Å²) >= 11 is 0. The zero-order valence-corrected chi connectivity index (χ0v) is 15.4. The largest absolute Gasteiger partial charge is 0.287 e. The maximum atomic E-state index is 3.90. The molecule has 2 N–H and O–H groups in total. The summed E-state index contributed by atoms with van der Waals surface area (Å²) in [5.74, 6) is 0. The van der Waals surface area contributed by atoms with Gasteiger partial charge in [0.1, 0.15) is 6.29 Å². The van der Waals surface area contributed by atoms with Crippen LogP contribution in [-0.2, 0) is 6.54 Å².